The lowest BCUT2D eigenvalue weighted by Gasteiger charge is -1.82. The van der Waals surface area contributed by atoms with E-state index in [-0.39, 0.29) is 5.57 Å². The van der Waals surface area contributed by atoms with E-state index in [1.807, 2.05) is 0 Å². The van der Waals surface area contributed by atoms with E-state index in [1.54, 1.807) is 24.3 Å². The molecular formula is C9H5NO2. The Morgan fingerprint density at radius 1 is 1.25 bits per heavy atom. The number of benzene rings is 1. The summed E-state index contributed by atoms with van der Waals surface area (Å²) in [5, 5.41) is 1.22. The van der Waals surface area contributed by atoms with Crippen LogP contribution in [0.3, 0.4) is 0 Å². The second-order valence-electron chi connectivity index (χ2n) is 2.47. The molecular weight excluding hydrogens is 154 g/mol. The van der Waals surface area contributed by atoms with Crippen LogP contribution in [0.25, 0.3) is 5.57 Å². The van der Waals surface area contributed by atoms with Gasteiger partial charge in [0.1, 0.15) is 0 Å². The molecule has 3 heteroatoms. The van der Waals surface area contributed by atoms with E-state index in [9.17, 15) is 9.59 Å². The Hall–Kier alpha value is -1.77. The van der Waals surface area contributed by atoms with Gasteiger partial charge in [-0.05, 0) is 6.07 Å². The molecule has 2 rings (SSSR count). The second-order valence-corrected chi connectivity index (χ2v) is 2.47. The molecule has 12 heavy (non-hydrogen) atoms. The molecule has 3 nitrogen and oxygen atoms in total. The van der Waals surface area contributed by atoms with Gasteiger partial charge in [0.15, 0.2) is 6.29 Å². The molecule has 1 amide bonds. The van der Waals surface area contributed by atoms with Crippen LogP contribution < -0.4 is 10.6 Å². The van der Waals surface area contributed by atoms with Gasteiger partial charge in [-0.15, -0.1) is 0 Å². The molecule has 0 aliphatic carbocycles. The summed E-state index contributed by atoms with van der Waals surface area (Å²) in [6.45, 7) is 0. The molecule has 0 spiro atoms. The van der Waals surface area contributed by atoms with Crippen LogP contribution in [0.2, 0.25) is 0 Å². The van der Waals surface area contributed by atoms with Crippen molar-refractivity contribution in [1.82, 2.24) is 0 Å². The Labute approximate surface area is 68.0 Å². The second kappa shape index (κ2) is 2.37. The zero-order chi connectivity index (χ0) is 8.55. The third-order valence-corrected chi connectivity index (χ3v) is 1.76. The molecule has 0 aromatic heterocycles. The van der Waals surface area contributed by atoms with Gasteiger partial charge >= 0.3 is 0 Å². The molecule has 0 unspecified atom stereocenters. The maximum Gasteiger partial charge on any atom is 0.281 e. The van der Waals surface area contributed by atoms with Crippen LogP contribution >= 0.6 is 0 Å². The summed E-state index contributed by atoms with van der Waals surface area (Å²) < 4.78 is 0. The van der Waals surface area contributed by atoms with Gasteiger partial charge in [0.25, 0.3) is 5.91 Å². The average molecular weight is 159 g/mol. The molecule has 1 aromatic rings. The average Bonchev–Trinajstić information content (AvgIpc) is 2.40. The van der Waals surface area contributed by atoms with Crippen molar-refractivity contribution < 1.29 is 9.59 Å². The van der Waals surface area contributed by atoms with Crippen molar-refractivity contribution in [1.29, 1.82) is 0 Å². The Kier molecular flexibility index (Phi) is 1.37. The SMILES string of the molecule is O=CC1=c2ccccc2=NC1=O. The van der Waals surface area contributed by atoms with Gasteiger partial charge in [-0.2, -0.15) is 0 Å². The molecule has 0 saturated heterocycles. The molecule has 0 radical (unpaired) electrons. The predicted molar refractivity (Wildman–Crippen MR) is 41.7 cm³/mol. The third kappa shape index (κ3) is 0.797. The van der Waals surface area contributed by atoms with Gasteiger partial charge in [0.05, 0.1) is 10.9 Å². The summed E-state index contributed by atoms with van der Waals surface area (Å²) in [6.07, 6.45) is 0.553. The number of hydrogen-bond acceptors (Lipinski definition) is 2. The molecule has 1 heterocycles. The fourth-order valence-electron chi connectivity index (χ4n) is 1.20. The molecule has 58 valence electrons. The number of carbonyl (C=O) groups is 2. The molecule has 0 atom stereocenters. The minimum absolute atomic E-state index is 0.158. The van der Waals surface area contributed by atoms with Crippen molar-refractivity contribution in [2.45, 2.75) is 0 Å². The molecule has 1 aliphatic heterocycles. The van der Waals surface area contributed by atoms with Gasteiger partial charge in [-0.3, -0.25) is 9.59 Å². The quantitative estimate of drug-likeness (QED) is 0.503. The number of nitrogens with zero attached hydrogens (tertiary/aromatic N) is 1. The maximum atomic E-state index is 11.0. The fourth-order valence-corrected chi connectivity index (χ4v) is 1.20. The van der Waals surface area contributed by atoms with Crippen molar-refractivity contribution in [2.75, 3.05) is 0 Å². The van der Waals surface area contributed by atoms with Gasteiger partial charge < -0.3 is 0 Å². The number of hydrogen-bond donors (Lipinski definition) is 0. The van der Waals surface area contributed by atoms with E-state index in [0.29, 0.717) is 16.9 Å². The Morgan fingerprint density at radius 2 is 2.00 bits per heavy atom. The normalized spacial score (nSPS) is 14.0. The topological polar surface area (TPSA) is 46.5 Å². The summed E-state index contributed by atoms with van der Waals surface area (Å²) in [5.41, 5.74) is 0.158. The summed E-state index contributed by atoms with van der Waals surface area (Å²) in [6, 6.07) is 6.98. The molecule has 1 aliphatic rings. The van der Waals surface area contributed by atoms with Crippen LogP contribution in [0.5, 0.6) is 0 Å². The zero-order valence-corrected chi connectivity index (χ0v) is 6.15. The number of rotatable bonds is 1. The zero-order valence-electron chi connectivity index (χ0n) is 6.15. The first-order valence-electron chi connectivity index (χ1n) is 3.50. The highest BCUT2D eigenvalue weighted by Crippen LogP contribution is 1.94. The third-order valence-electron chi connectivity index (χ3n) is 1.76. The van der Waals surface area contributed by atoms with Crippen molar-refractivity contribution in [3.63, 3.8) is 0 Å². The number of amides is 1. The van der Waals surface area contributed by atoms with E-state index < -0.39 is 5.91 Å². The van der Waals surface area contributed by atoms with Gasteiger partial charge in [-0.25, -0.2) is 4.99 Å². The molecule has 0 saturated carbocycles. The first-order chi connectivity index (χ1) is 5.83. The highest BCUT2D eigenvalue weighted by Gasteiger charge is 2.13. The van der Waals surface area contributed by atoms with Crippen molar-refractivity contribution in [3.8, 4) is 0 Å². The monoisotopic (exact) mass is 159 g/mol. The van der Waals surface area contributed by atoms with Gasteiger partial charge in [-0.1, -0.05) is 18.2 Å². The fraction of sp³-hybridized carbons (Fsp3) is 0. The van der Waals surface area contributed by atoms with Gasteiger partial charge in [0.2, 0.25) is 0 Å². The molecule has 1 aromatic carbocycles. The van der Waals surface area contributed by atoms with Crippen molar-refractivity contribution in [3.05, 3.63) is 34.8 Å². The van der Waals surface area contributed by atoms with Crippen molar-refractivity contribution in [2.24, 2.45) is 4.99 Å². The number of fused-ring (bicyclic) bond motifs is 1. The maximum absolute atomic E-state index is 11.0. The highest BCUT2D eigenvalue weighted by molar-refractivity contribution is 6.34. The van der Waals surface area contributed by atoms with Gasteiger partial charge in [0, 0.05) is 5.22 Å². The lowest BCUT2D eigenvalue weighted by molar-refractivity contribution is -0.114. The Morgan fingerprint density at radius 3 is 2.75 bits per heavy atom. The Bertz CT molecular complexity index is 474. The first kappa shape index (κ1) is 6.91. The van der Waals surface area contributed by atoms with Crippen LogP contribution in [-0.2, 0) is 9.59 Å². The standard InChI is InChI=1S/C9H5NO2/c11-5-7-6-3-1-2-4-8(6)10-9(7)12/h1-5H. The van der Waals surface area contributed by atoms with E-state index in [2.05, 4.69) is 4.99 Å². The van der Waals surface area contributed by atoms with Crippen LogP contribution in [0.4, 0.5) is 0 Å². The van der Waals surface area contributed by atoms with E-state index in [4.69, 9.17) is 0 Å². The lowest BCUT2D eigenvalue weighted by Crippen LogP contribution is -2.22. The lowest BCUT2D eigenvalue weighted by atomic mass is 10.2. The van der Waals surface area contributed by atoms with E-state index >= 15 is 0 Å². The minimum atomic E-state index is -0.439. The minimum Gasteiger partial charge on any atom is -0.298 e. The molecule has 0 N–H and O–H groups in total. The van der Waals surface area contributed by atoms with E-state index in [1.165, 1.54) is 0 Å². The Balaban J connectivity index is 2.97. The van der Waals surface area contributed by atoms with Crippen LogP contribution in [-0.4, -0.2) is 12.2 Å². The number of aldehydes is 1. The smallest absolute Gasteiger partial charge is 0.281 e. The molecule has 0 fully saturated rings. The predicted octanol–water partition coefficient (Wildman–Crippen LogP) is -0.804. The van der Waals surface area contributed by atoms with E-state index in [0.717, 1.165) is 0 Å². The first-order valence-corrected chi connectivity index (χ1v) is 3.50. The van der Waals surface area contributed by atoms with Crippen LogP contribution in [0.1, 0.15) is 0 Å². The largest absolute Gasteiger partial charge is 0.298 e. The van der Waals surface area contributed by atoms with Crippen LogP contribution in [0, 0.1) is 0 Å². The number of para-hydroxylation sites is 1. The summed E-state index contributed by atoms with van der Waals surface area (Å²) >= 11 is 0. The number of carbonyl (C=O) groups excluding carboxylic acids is 2. The summed E-state index contributed by atoms with van der Waals surface area (Å²) in [7, 11) is 0. The van der Waals surface area contributed by atoms with Crippen molar-refractivity contribution >= 4 is 17.8 Å². The molecule has 0 bridgehead atoms. The summed E-state index contributed by atoms with van der Waals surface area (Å²) in [5.74, 6) is -0.439. The van der Waals surface area contributed by atoms with Crippen LogP contribution in [0.15, 0.2) is 29.3 Å². The summed E-state index contributed by atoms with van der Waals surface area (Å²) in [4.78, 5) is 25.2. The highest BCUT2D eigenvalue weighted by atomic mass is 16.2.